The van der Waals surface area contributed by atoms with Crippen LogP contribution in [0.3, 0.4) is 0 Å². The molecular weight excluding hydrogens is 225 g/mol. The lowest BCUT2D eigenvalue weighted by atomic mass is 10.1. The SMILES string of the molecule is COc1c(Cl)ccc(F)c1C(N)C(=O)O. The number of nitrogens with two attached hydrogens (primary N) is 1. The zero-order chi connectivity index (χ0) is 11.6. The summed E-state index contributed by atoms with van der Waals surface area (Å²) in [4.78, 5) is 10.6. The van der Waals surface area contributed by atoms with Crippen molar-refractivity contribution < 1.29 is 19.0 Å². The predicted octanol–water partition coefficient (Wildman–Crippen LogP) is 1.57. The molecule has 1 aromatic rings. The number of carboxylic acid groups (broad SMARTS) is 1. The molecule has 15 heavy (non-hydrogen) atoms. The molecule has 0 spiro atoms. The van der Waals surface area contributed by atoms with E-state index in [1.165, 1.54) is 13.2 Å². The molecule has 1 aromatic carbocycles. The molecule has 0 aromatic heterocycles. The minimum Gasteiger partial charge on any atom is -0.495 e. The van der Waals surface area contributed by atoms with Crippen LogP contribution in [-0.2, 0) is 4.79 Å². The van der Waals surface area contributed by atoms with Crippen LogP contribution < -0.4 is 10.5 Å². The number of hydrogen-bond acceptors (Lipinski definition) is 3. The lowest BCUT2D eigenvalue weighted by molar-refractivity contribution is -0.138. The number of carbonyl (C=O) groups is 1. The van der Waals surface area contributed by atoms with Crippen molar-refractivity contribution in [3.05, 3.63) is 28.5 Å². The number of hydrogen-bond donors (Lipinski definition) is 2. The van der Waals surface area contributed by atoms with Gasteiger partial charge in [0.15, 0.2) is 0 Å². The lowest BCUT2D eigenvalue weighted by Gasteiger charge is -2.14. The minimum atomic E-state index is -1.50. The summed E-state index contributed by atoms with van der Waals surface area (Å²) in [6.07, 6.45) is 0. The molecule has 0 aliphatic heterocycles. The Bertz CT molecular complexity index is 397. The predicted molar refractivity (Wildman–Crippen MR) is 52.5 cm³/mol. The third-order valence-electron chi connectivity index (χ3n) is 1.88. The number of rotatable bonds is 3. The highest BCUT2D eigenvalue weighted by Crippen LogP contribution is 2.33. The van der Waals surface area contributed by atoms with Gasteiger partial charge in [0.05, 0.1) is 17.7 Å². The van der Waals surface area contributed by atoms with E-state index in [4.69, 9.17) is 27.2 Å². The Morgan fingerprint density at radius 2 is 2.27 bits per heavy atom. The first-order valence-electron chi connectivity index (χ1n) is 3.99. The van der Waals surface area contributed by atoms with Gasteiger partial charge in [0, 0.05) is 0 Å². The molecule has 0 saturated carbocycles. The van der Waals surface area contributed by atoms with Crippen molar-refractivity contribution >= 4 is 17.6 Å². The summed E-state index contributed by atoms with van der Waals surface area (Å²) in [6.45, 7) is 0. The highest BCUT2D eigenvalue weighted by atomic mass is 35.5. The molecule has 0 radical (unpaired) electrons. The van der Waals surface area contributed by atoms with E-state index in [0.717, 1.165) is 6.07 Å². The standard InChI is InChI=1S/C9H9ClFNO3/c1-15-8-4(10)2-3-5(11)6(8)7(12)9(13)14/h2-3,7H,12H2,1H3,(H,13,14). The smallest absolute Gasteiger partial charge is 0.325 e. The molecule has 4 nitrogen and oxygen atoms in total. The van der Waals surface area contributed by atoms with Gasteiger partial charge in [-0.3, -0.25) is 4.79 Å². The molecule has 0 bridgehead atoms. The zero-order valence-corrected chi connectivity index (χ0v) is 8.58. The van der Waals surface area contributed by atoms with E-state index in [2.05, 4.69) is 0 Å². The summed E-state index contributed by atoms with van der Waals surface area (Å²) in [5.41, 5.74) is 5.05. The van der Waals surface area contributed by atoms with Crippen molar-refractivity contribution in [1.82, 2.24) is 0 Å². The Kier molecular flexibility index (Phi) is 3.49. The molecule has 3 N–H and O–H groups in total. The van der Waals surface area contributed by atoms with Gasteiger partial charge in [-0.05, 0) is 12.1 Å². The Balaban J connectivity index is 3.37. The van der Waals surface area contributed by atoms with Crippen LogP contribution >= 0.6 is 11.6 Å². The topological polar surface area (TPSA) is 72.5 Å². The third kappa shape index (κ3) is 2.19. The molecule has 0 heterocycles. The van der Waals surface area contributed by atoms with Gasteiger partial charge in [-0.2, -0.15) is 0 Å². The average Bonchev–Trinajstić information content (AvgIpc) is 2.19. The van der Waals surface area contributed by atoms with Gasteiger partial charge in [0.1, 0.15) is 17.6 Å². The van der Waals surface area contributed by atoms with Crippen LogP contribution in [0, 0.1) is 5.82 Å². The van der Waals surface area contributed by atoms with E-state index in [0.29, 0.717) is 0 Å². The fraction of sp³-hybridized carbons (Fsp3) is 0.222. The number of methoxy groups -OCH3 is 1. The van der Waals surface area contributed by atoms with E-state index in [9.17, 15) is 9.18 Å². The largest absolute Gasteiger partial charge is 0.495 e. The second-order valence-corrected chi connectivity index (χ2v) is 3.20. The van der Waals surface area contributed by atoms with Gasteiger partial charge in [0.2, 0.25) is 0 Å². The number of aliphatic carboxylic acids is 1. The van der Waals surface area contributed by atoms with Crippen LogP contribution in [0.5, 0.6) is 5.75 Å². The fourth-order valence-corrected chi connectivity index (χ4v) is 1.41. The van der Waals surface area contributed by atoms with Crippen molar-refractivity contribution in [3.8, 4) is 5.75 Å². The Hall–Kier alpha value is -1.33. The maximum atomic E-state index is 13.3. The summed E-state index contributed by atoms with van der Waals surface area (Å²) in [6, 6.07) is 0.815. The van der Waals surface area contributed by atoms with Gasteiger partial charge < -0.3 is 15.6 Å². The Morgan fingerprint density at radius 3 is 2.73 bits per heavy atom. The van der Waals surface area contributed by atoms with Gasteiger partial charge in [-0.1, -0.05) is 11.6 Å². The summed E-state index contributed by atoms with van der Waals surface area (Å²) in [5.74, 6) is -2.16. The summed E-state index contributed by atoms with van der Waals surface area (Å²) in [5, 5.41) is 8.80. The molecule has 0 amide bonds. The maximum Gasteiger partial charge on any atom is 0.325 e. The van der Waals surface area contributed by atoms with Crippen molar-refractivity contribution in [2.45, 2.75) is 6.04 Å². The molecule has 1 unspecified atom stereocenters. The van der Waals surface area contributed by atoms with Crippen molar-refractivity contribution in [2.75, 3.05) is 7.11 Å². The molecule has 0 fully saturated rings. The van der Waals surface area contributed by atoms with Crippen LogP contribution in [-0.4, -0.2) is 18.2 Å². The first-order valence-corrected chi connectivity index (χ1v) is 4.37. The van der Waals surface area contributed by atoms with Crippen molar-refractivity contribution in [1.29, 1.82) is 0 Å². The quantitative estimate of drug-likeness (QED) is 0.831. The average molecular weight is 234 g/mol. The molecule has 1 atom stereocenters. The molecular formula is C9H9ClFNO3. The molecule has 6 heteroatoms. The van der Waals surface area contributed by atoms with E-state index >= 15 is 0 Å². The third-order valence-corrected chi connectivity index (χ3v) is 2.17. The maximum absolute atomic E-state index is 13.3. The first-order chi connectivity index (χ1) is 6.99. The van der Waals surface area contributed by atoms with E-state index in [1.807, 2.05) is 0 Å². The number of carboxylic acids is 1. The van der Waals surface area contributed by atoms with Crippen LogP contribution in [0.15, 0.2) is 12.1 Å². The summed E-state index contributed by atoms with van der Waals surface area (Å²) >= 11 is 5.71. The van der Waals surface area contributed by atoms with Gasteiger partial charge in [-0.15, -0.1) is 0 Å². The van der Waals surface area contributed by atoms with Crippen LogP contribution in [0.2, 0.25) is 5.02 Å². The normalized spacial score (nSPS) is 12.3. The Labute approximate surface area is 90.4 Å². The van der Waals surface area contributed by atoms with E-state index in [-0.39, 0.29) is 16.3 Å². The van der Waals surface area contributed by atoms with Crippen molar-refractivity contribution in [2.24, 2.45) is 5.73 Å². The van der Waals surface area contributed by atoms with Crippen molar-refractivity contribution in [3.63, 3.8) is 0 Å². The van der Waals surface area contributed by atoms with E-state index in [1.54, 1.807) is 0 Å². The summed E-state index contributed by atoms with van der Waals surface area (Å²) < 4.78 is 18.2. The molecule has 0 aliphatic rings. The van der Waals surface area contributed by atoms with E-state index < -0.39 is 17.8 Å². The van der Waals surface area contributed by atoms with Gasteiger partial charge >= 0.3 is 5.97 Å². The monoisotopic (exact) mass is 233 g/mol. The van der Waals surface area contributed by atoms with Gasteiger partial charge in [0.25, 0.3) is 0 Å². The highest BCUT2D eigenvalue weighted by Gasteiger charge is 2.24. The molecule has 1 rings (SSSR count). The first kappa shape index (κ1) is 11.7. The number of halogens is 2. The van der Waals surface area contributed by atoms with Crippen LogP contribution in [0.25, 0.3) is 0 Å². The number of benzene rings is 1. The lowest BCUT2D eigenvalue weighted by Crippen LogP contribution is -2.22. The number of ether oxygens (including phenoxy) is 1. The zero-order valence-electron chi connectivity index (χ0n) is 7.83. The van der Waals surface area contributed by atoms with Gasteiger partial charge in [-0.25, -0.2) is 4.39 Å². The second kappa shape index (κ2) is 4.46. The Morgan fingerprint density at radius 1 is 1.67 bits per heavy atom. The van der Waals surface area contributed by atoms with Crippen LogP contribution in [0.4, 0.5) is 4.39 Å². The summed E-state index contributed by atoms with van der Waals surface area (Å²) in [7, 11) is 1.26. The molecule has 0 saturated heterocycles. The highest BCUT2D eigenvalue weighted by molar-refractivity contribution is 6.32. The molecule has 82 valence electrons. The fourth-order valence-electron chi connectivity index (χ4n) is 1.17. The minimum absolute atomic E-state index is 0.0495. The molecule has 0 aliphatic carbocycles. The second-order valence-electron chi connectivity index (χ2n) is 2.79. The van der Waals surface area contributed by atoms with Crippen LogP contribution in [0.1, 0.15) is 11.6 Å².